The van der Waals surface area contributed by atoms with Crippen LogP contribution < -0.4 is 4.74 Å². The van der Waals surface area contributed by atoms with Crippen LogP contribution >= 0.6 is 0 Å². The topological polar surface area (TPSA) is 53.4 Å². The second kappa shape index (κ2) is 9.96. The Morgan fingerprint density at radius 1 is 0.875 bits per heavy atom. The number of imidazole rings is 1. The minimum absolute atomic E-state index is 0.325. The van der Waals surface area contributed by atoms with Crippen LogP contribution in [-0.4, -0.2) is 28.7 Å². The van der Waals surface area contributed by atoms with Gasteiger partial charge in [-0.25, -0.2) is 9.78 Å². The fraction of sp³-hybridized carbons (Fsp3) is 0.185. The Labute approximate surface area is 188 Å². The second-order valence-corrected chi connectivity index (χ2v) is 7.33. The van der Waals surface area contributed by atoms with Gasteiger partial charge in [-0.2, -0.15) is 0 Å². The molecular formula is C27H26N2O3. The first-order chi connectivity index (χ1) is 15.7. The average molecular weight is 427 g/mol. The Morgan fingerprint density at radius 3 is 2.12 bits per heavy atom. The minimum Gasteiger partial charge on any atom is -0.492 e. The average Bonchev–Trinajstić information content (AvgIpc) is 3.17. The molecule has 162 valence electrons. The number of carbonyl (C=O) groups is 1. The fourth-order valence-electron chi connectivity index (χ4n) is 3.68. The number of benzene rings is 3. The van der Waals surface area contributed by atoms with E-state index in [9.17, 15) is 4.79 Å². The molecule has 1 aromatic heterocycles. The van der Waals surface area contributed by atoms with E-state index in [0.717, 1.165) is 28.3 Å². The molecule has 0 amide bonds. The SMILES string of the molecule is CCOC(=O)c1ccc(OCCn2c(C)nc(-c3ccccc3)c2-c2ccccc2)cc1. The zero-order chi connectivity index (χ0) is 22.3. The van der Waals surface area contributed by atoms with Gasteiger partial charge in [0.1, 0.15) is 18.2 Å². The highest BCUT2D eigenvalue weighted by atomic mass is 16.5. The Kier molecular flexibility index (Phi) is 6.66. The van der Waals surface area contributed by atoms with Crippen molar-refractivity contribution in [2.75, 3.05) is 13.2 Å². The van der Waals surface area contributed by atoms with Gasteiger partial charge in [-0.1, -0.05) is 60.7 Å². The first kappa shape index (κ1) is 21.4. The van der Waals surface area contributed by atoms with Gasteiger partial charge in [0.2, 0.25) is 0 Å². The number of hydrogen-bond acceptors (Lipinski definition) is 4. The van der Waals surface area contributed by atoms with E-state index in [4.69, 9.17) is 14.5 Å². The van der Waals surface area contributed by atoms with Gasteiger partial charge in [0.25, 0.3) is 0 Å². The van der Waals surface area contributed by atoms with Gasteiger partial charge in [-0.15, -0.1) is 0 Å². The van der Waals surface area contributed by atoms with Gasteiger partial charge in [-0.3, -0.25) is 0 Å². The molecule has 0 aliphatic carbocycles. The molecule has 0 spiro atoms. The van der Waals surface area contributed by atoms with E-state index >= 15 is 0 Å². The molecule has 0 bridgehead atoms. The van der Waals surface area contributed by atoms with Crippen molar-refractivity contribution in [1.82, 2.24) is 9.55 Å². The molecule has 0 radical (unpaired) electrons. The van der Waals surface area contributed by atoms with Crippen molar-refractivity contribution in [2.24, 2.45) is 0 Å². The van der Waals surface area contributed by atoms with Crippen molar-refractivity contribution >= 4 is 5.97 Å². The summed E-state index contributed by atoms with van der Waals surface area (Å²) in [4.78, 5) is 16.7. The third-order valence-electron chi connectivity index (χ3n) is 5.20. The molecule has 32 heavy (non-hydrogen) atoms. The van der Waals surface area contributed by atoms with Crippen LogP contribution in [0.5, 0.6) is 5.75 Å². The third kappa shape index (κ3) is 4.72. The number of nitrogens with zero attached hydrogens (tertiary/aromatic N) is 2. The van der Waals surface area contributed by atoms with E-state index in [1.807, 2.05) is 43.3 Å². The maximum absolute atomic E-state index is 11.8. The van der Waals surface area contributed by atoms with Gasteiger partial charge in [0, 0.05) is 11.1 Å². The second-order valence-electron chi connectivity index (χ2n) is 7.33. The summed E-state index contributed by atoms with van der Waals surface area (Å²) in [6, 6.07) is 27.6. The normalized spacial score (nSPS) is 10.7. The lowest BCUT2D eigenvalue weighted by molar-refractivity contribution is 0.0526. The third-order valence-corrected chi connectivity index (χ3v) is 5.20. The maximum Gasteiger partial charge on any atom is 0.338 e. The molecule has 5 heteroatoms. The van der Waals surface area contributed by atoms with Crippen LogP contribution in [-0.2, 0) is 11.3 Å². The highest BCUT2D eigenvalue weighted by Crippen LogP contribution is 2.32. The van der Waals surface area contributed by atoms with E-state index in [2.05, 4.69) is 28.8 Å². The molecule has 1 heterocycles. The van der Waals surface area contributed by atoms with Crippen LogP contribution in [0.4, 0.5) is 0 Å². The van der Waals surface area contributed by atoms with Crippen LogP contribution in [0.25, 0.3) is 22.5 Å². The molecular weight excluding hydrogens is 400 g/mol. The number of esters is 1. The Balaban J connectivity index is 1.55. The van der Waals surface area contributed by atoms with Gasteiger partial charge >= 0.3 is 5.97 Å². The van der Waals surface area contributed by atoms with Gasteiger partial charge < -0.3 is 14.0 Å². The molecule has 4 aromatic rings. The molecule has 3 aromatic carbocycles. The highest BCUT2D eigenvalue weighted by Gasteiger charge is 2.18. The number of hydrogen-bond donors (Lipinski definition) is 0. The molecule has 4 rings (SSSR count). The molecule has 0 aliphatic heterocycles. The fourth-order valence-corrected chi connectivity index (χ4v) is 3.68. The van der Waals surface area contributed by atoms with Crippen molar-refractivity contribution in [3.05, 3.63) is 96.3 Å². The summed E-state index contributed by atoms with van der Waals surface area (Å²) in [6.45, 7) is 5.29. The summed E-state index contributed by atoms with van der Waals surface area (Å²) in [5.74, 6) is 1.32. The molecule has 0 aliphatic rings. The van der Waals surface area contributed by atoms with E-state index in [-0.39, 0.29) is 5.97 Å². The quantitative estimate of drug-likeness (QED) is 0.335. The summed E-state index contributed by atoms with van der Waals surface area (Å²) in [5.41, 5.74) is 4.77. The lowest BCUT2D eigenvalue weighted by Crippen LogP contribution is -2.11. The van der Waals surface area contributed by atoms with Crippen molar-refractivity contribution in [3.63, 3.8) is 0 Å². The van der Waals surface area contributed by atoms with Crippen LogP contribution in [0.2, 0.25) is 0 Å². The van der Waals surface area contributed by atoms with Crippen LogP contribution in [0.3, 0.4) is 0 Å². The van der Waals surface area contributed by atoms with Crippen LogP contribution in [0.1, 0.15) is 23.1 Å². The van der Waals surface area contributed by atoms with Gasteiger partial charge in [0.05, 0.1) is 30.1 Å². The largest absolute Gasteiger partial charge is 0.492 e. The summed E-state index contributed by atoms with van der Waals surface area (Å²) < 4.78 is 13.2. The Hall–Kier alpha value is -3.86. The number of aryl methyl sites for hydroxylation is 1. The molecule has 0 N–H and O–H groups in total. The molecule has 0 saturated heterocycles. The van der Waals surface area contributed by atoms with Crippen molar-refractivity contribution < 1.29 is 14.3 Å². The maximum atomic E-state index is 11.8. The number of ether oxygens (including phenoxy) is 2. The Morgan fingerprint density at radius 2 is 1.50 bits per heavy atom. The zero-order valence-electron chi connectivity index (χ0n) is 18.3. The van der Waals surface area contributed by atoms with Crippen molar-refractivity contribution in [3.8, 4) is 28.3 Å². The van der Waals surface area contributed by atoms with E-state index in [1.165, 1.54) is 0 Å². The molecule has 0 saturated carbocycles. The first-order valence-electron chi connectivity index (χ1n) is 10.8. The lowest BCUT2D eigenvalue weighted by atomic mass is 10.0. The summed E-state index contributed by atoms with van der Waals surface area (Å²) in [5, 5.41) is 0. The van der Waals surface area contributed by atoms with Gasteiger partial charge in [0.15, 0.2) is 0 Å². The number of carbonyl (C=O) groups excluding carboxylic acids is 1. The van der Waals surface area contributed by atoms with Crippen molar-refractivity contribution in [2.45, 2.75) is 20.4 Å². The van der Waals surface area contributed by atoms with Crippen LogP contribution in [0.15, 0.2) is 84.9 Å². The first-order valence-corrected chi connectivity index (χ1v) is 10.8. The molecule has 0 unspecified atom stereocenters. The molecule has 0 fully saturated rings. The summed E-state index contributed by atoms with van der Waals surface area (Å²) in [7, 11) is 0. The smallest absolute Gasteiger partial charge is 0.338 e. The van der Waals surface area contributed by atoms with Crippen LogP contribution in [0, 0.1) is 6.92 Å². The summed E-state index contributed by atoms with van der Waals surface area (Å²) >= 11 is 0. The van der Waals surface area contributed by atoms with Crippen molar-refractivity contribution in [1.29, 1.82) is 0 Å². The lowest BCUT2D eigenvalue weighted by Gasteiger charge is -2.13. The van der Waals surface area contributed by atoms with E-state index in [0.29, 0.717) is 31.1 Å². The predicted octanol–water partition coefficient (Wildman–Crippen LogP) is 5.78. The monoisotopic (exact) mass is 426 g/mol. The number of rotatable bonds is 8. The Bertz CT molecular complexity index is 1170. The van der Waals surface area contributed by atoms with Gasteiger partial charge in [-0.05, 0) is 38.1 Å². The number of aromatic nitrogens is 2. The molecule has 5 nitrogen and oxygen atoms in total. The molecule has 0 atom stereocenters. The highest BCUT2D eigenvalue weighted by molar-refractivity contribution is 5.89. The minimum atomic E-state index is -0.325. The van der Waals surface area contributed by atoms with E-state index in [1.54, 1.807) is 31.2 Å². The van der Waals surface area contributed by atoms with E-state index < -0.39 is 0 Å². The zero-order valence-corrected chi connectivity index (χ0v) is 18.3. The standard InChI is InChI=1S/C27H26N2O3/c1-3-31-27(30)23-14-16-24(17-15-23)32-19-18-29-20(2)28-25(21-10-6-4-7-11-21)26(29)22-12-8-5-9-13-22/h4-17H,3,18-19H2,1-2H3. The summed E-state index contributed by atoms with van der Waals surface area (Å²) in [6.07, 6.45) is 0. The predicted molar refractivity (Wildman–Crippen MR) is 126 cm³/mol.